The van der Waals surface area contributed by atoms with Gasteiger partial charge in [-0.1, -0.05) is 0 Å². The fourth-order valence-corrected chi connectivity index (χ4v) is 3.62. The molecule has 0 bridgehead atoms. The van der Waals surface area contributed by atoms with E-state index in [1.54, 1.807) is 21.3 Å². The number of hydrogen-bond acceptors (Lipinski definition) is 4. The predicted molar refractivity (Wildman–Crippen MR) is 50.5 cm³/mol. The SMILES string of the molecule is CO[Si](CC1(C)OC1C)(OC)OC. The van der Waals surface area contributed by atoms with E-state index in [-0.39, 0.29) is 11.7 Å². The van der Waals surface area contributed by atoms with Crippen LogP contribution in [0.1, 0.15) is 13.8 Å². The molecule has 5 heteroatoms. The summed E-state index contributed by atoms with van der Waals surface area (Å²) in [5.74, 6) is 0. The molecule has 0 aromatic carbocycles. The Hall–Kier alpha value is 0.0569. The van der Waals surface area contributed by atoms with Gasteiger partial charge in [0.15, 0.2) is 0 Å². The van der Waals surface area contributed by atoms with E-state index in [9.17, 15) is 0 Å². The van der Waals surface area contributed by atoms with Gasteiger partial charge in [-0.2, -0.15) is 0 Å². The van der Waals surface area contributed by atoms with Crippen molar-refractivity contribution < 1.29 is 18.0 Å². The molecule has 0 aromatic rings. The zero-order valence-electron chi connectivity index (χ0n) is 8.92. The van der Waals surface area contributed by atoms with E-state index in [4.69, 9.17) is 18.0 Å². The molecule has 1 aliphatic heterocycles. The largest absolute Gasteiger partial charge is 0.503 e. The third kappa shape index (κ3) is 2.11. The fraction of sp³-hybridized carbons (Fsp3) is 1.00. The zero-order valence-corrected chi connectivity index (χ0v) is 9.92. The molecule has 1 heterocycles. The smallest absolute Gasteiger partial charge is 0.377 e. The van der Waals surface area contributed by atoms with Crippen LogP contribution in [0.2, 0.25) is 6.04 Å². The van der Waals surface area contributed by atoms with Crippen LogP contribution in [0, 0.1) is 0 Å². The van der Waals surface area contributed by atoms with Gasteiger partial charge >= 0.3 is 8.80 Å². The van der Waals surface area contributed by atoms with Crippen molar-refractivity contribution in [2.24, 2.45) is 0 Å². The van der Waals surface area contributed by atoms with Gasteiger partial charge < -0.3 is 18.0 Å². The Morgan fingerprint density at radius 3 is 1.85 bits per heavy atom. The number of rotatable bonds is 5. The van der Waals surface area contributed by atoms with Crippen molar-refractivity contribution in [2.45, 2.75) is 31.6 Å². The molecule has 0 amide bonds. The van der Waals surface area contributed by atoms with Gasteiger partial charge in [0.1, 0.15) is 0 Å². The molecule has 2 atom stereocenters. The van der Waals surface area contributed by atoms with Crippen LogP contribution in [0.5, 0.6) is 0 Å². The van der Waals surface area contributed by atoms with Gasteiger partial charge in [0.05, 0.1) is 11.7 Å². The van der Waals surface area contributed by atoms with Crippen molar-refractivity contribution in [3.8, 4) is 0 Å². The van der Waals surface area contributed by atoms with E-state index < -0.39 is 8.80 Å². The summed E-state index contributed by atoms with van der Waals surface area (Å²) < 4.78 is 21.4. The first kappa shape index (κ1) is 11.1. The summed E-state index contributed by atoms with van der Waals surface area (Å²) in [7, 11) is 2.40. The Morgan fingerprint density at radius 1 is 1.23 bits per heavy atom. The van der Waals surface area contributed by atoms with Crippen LogP contribution >= 0.6 is 0 Å². The fourth-order valence-electron chi connectivity index (χ4n) is 1.45. The average molecular weight is 206 g/mol. The van der Waals surface area contributed by atoms with Gasteiger partial charge in [-0.3, -0.25) is 0 Å². The van der Waals surface area contributed by atoms with Crippen LogP contribution in [-0.2, 0) is 18.0 Å². The minimum absolute atomic E-state index is 0.117. The Bertz CT molecular complexity index is 175. The second-order valence-electron chi connectivity index (χ2n) is 3.54. The Morgan fingerprint density at radius 2 is 1.62 bits per heavy atom. The number of epoxide rings is 1. The van der Waals surface area contributed by atoms with E-state index in [0.29, 0.717) is 6.04 Å². The summed E-state index contributed by atoms with van der Waals surface area (Å²) >= 11 is 0. The van der Waals surface area contributed by atoms with E-state index in [2.05, 4.69) is 6.92 Å². The lowest BCUT2D eigenvalue weighted by molar-refractivity contribution is 0.115. The molecule has 0 saturated carbocycles. The summed E-state index contributed by atoms with van der Waals surface area (Å²) in [4.78, 5) is 0. The number of hydrogen-bond donors (Lipinski definition) is 0. The van der Waals surface area contributed by atoms with Gasteiger partial charge in [-0.05, 0) is 13.8 Å². The van der Waals surface area contributed by atoms with Crippen molar-refractivity contribution >= 4 is 8.80 Å². The van der Waals surface area contributed by atoms with Crippen LogP contribution in [0.25, 0.3) is 0 Å². The molecular weight excluding hydrogens is 188 g/mol. The highest BCUT2D eigenvalue weighted by Crippen LogP contribution is 2.42. The molecule has 0 aliphatic carbocycles. The highest BCUT2D eigenvalue weighted by Gasteiger charge is 2.57. The first-order valence-corrected chi connectivity index (χ1v) is 6.28. The Balaban J connectivity index is 2.57. The van der Waals surface area contributed by atoms with Gasteiger partial charge in [0.2, 0.25) is 0 Å². The van der Waals surface area contributed by atoms with E-state index in [0.717, 1.165) is 0 Å². The first-order chi connectivity index (χ1) is 6.02. The third-order valence-electron chi connectivity index (χ3n) is 2.75. The molecular formula is C8H18O4Si. The normalized spacial score (nSPS) is 33.5. The summed E-state index contributed by atoms with van der Waals surface area (Å²) in [5.41, 5.74) is -0.117. The van der Waals surface area contributed by atoms with Crippen molar-refractivity contribution in [3.05, 3.63) is 0 Å². The molecule has 78 valence electrons. The lowest BCUT2D eigenvalue weighted by Gasteiger charge is -2.25. The van der Waals surface area contributed by atoms with Crippen LogP contribution < -0.4 is 0 Å². The quantitative estimate of drug-likeness (QED) is 0.498. The molecule has 0 aromatic heterocycles. The maximum Gasteiger partial charge on any atom is 0.503 e. The van der Waals surface area contributed by atoms with Crippen LogP contribution in [0.3, 0.4) is 0 Å². The molecule has 0 radical (unpaired) electrons. The zero-order chi connectivity index (χ0) is 10.1. The average Bonchev–Trinajstić information content (AvgIpc) is 2.71. The van der Waals surface area contributed by atoms with E-state index >= 15 is 0 Å². The molecule has 1 fully saturated rings. The summed E-state index contributed by atoms with van der Waals surface area (Å²) in [5, 5.41) is 0. The van der Waals surface area contributed by atoms with E-state index in [1.807, 2.05) is 6.92 Å². The van der Waals surface area contributed by atoms with Crippen LogP contribution in [0.4, 0.5) is 0 Å². The topological polar surface area (TPSA) is 40.2 Å². The van der Waals surface area contributed by atoms with Crippen LogP contribution in [0.15, 0.2) is 0 Å². The number of ether oxygens (including phenoxy) is 1. The van der Waals surface area contributed by atoms with Crippen molar-refractivity contribution in [3.63, 3.8) is 0 Å². The Labute approximate surface area is 80.5 Å². The lowest BCUT2D eigenvalue weighted by Crippen LogP contribution is -2.46. The molecule has 0 spiro atoms. The minimum atomic E-state index is -2.46. The summed E-state index contributed by atoms with van der Waals surface area (Å²) in [6, 6.07) is 0.713. The van der Waals surface area contributed by atoms with Crippen molar-refractivity contribution in [2.75, 3.05) is 21.3 Å². The highest BCUT2D eigenvalue weighted by molar-refractivity contribution is 6.61. The van der Waals surface area contributed by atoms with Crippen molar-refractivity contribution in [1.29, 1.82) is 0 Å². The second-order valence-corrected chi connectivity index (χ2v) is 6.49. The molecule has 13 heavy (non-hydrogen) atoms. The molecule has 1 aliphatic rings. The predicted octanol–water partition coefficient (Wildman–Crippen LogP) is 1.04. The summed E-state index contributed by atoms with van der Waals surface area (Å²) in [6.07, 6.45) is 0.278. The minimum Gasteiger partial charge on any atom is -0.377 e. The third-order valence-corrected chi connectivity index (χ3v) is 5.75. The standard InChI is InChI=1S/C8H18O4Si/c1-7-8(2,12-7)6-13(9-3,10-4)11-5/h7H,6H2,1-5H3. The maximum atomic E-state index is 5.46. The Kier molecular flexibility index (Phi) is 3.14. The van der Waals surface area contributed by atoms with Gasteiger partial charge in [0, 0.05) is 27.4 Å². The van der Waals surface area contributed by atoms with Gasteiger partial charge in [0.25, 0.3) is 0 Å². The highest BCUT2D eigenvalue weighted by atomic mass is 28.4. The molecule has 4 nitrogen and oxygen atoms in total. The summed E-state index contributed by atoms with van der Waals surface area (Å²) in [6.45, 7) is 4.09. The first-order valence-electron chi connectivity index (χ1n) is 4.35. The lowest BCUT2D eigenvalue weighted by atomic mass is 10.2. The molecule has 1 saturated heterocycles. The molecule has 2 unspecified atom stereocenters. The second kappa shape index (κ2) is 3.66. The van der Waals surface area contributed by atoms with Crippen molar-refractivity contribution in [1.82, 2.24) is 0 Å². The van der Waals surface area contributed by atoms with Gasteiger partial charge in [-0.15, -0.1) is 0 Å². The van der Waals surface area contributed by atoms with Gasteiger partial charge in [-0.25, -0.2) is 0 Å². The molecule has 0 N–H and O–H groups in total. The maximum absolute atomic E-state index is 5.46. The molecule has 1 rings (SSSR count). The van der Waals surface area contributed by atoms with Crippen LogP contribution in [-0.4, -0.2) is 41.8 Å². The van der Waals surface area contributed by atoms with E-state index in [1.165, 1.54) is 0 Å². The monoisotopic (exact) mass is 206 g/mol.